The number of hydrogen-bond donors (Lipinski definition) is 0. The Morgan fingerprint density at radius 1 is 1.04 bits per heavy atom. The zero-order valence-electron chi connectivity index (χ0n) is 16.3. The molecule has 6 nitrogen and oxygen atoms in total. The summed E-state index contributed by atoms with van der Waals surface area (Å²) < 4.78 is 7.57. The molecular formula is C21H27N3O3. The minimum Gasteiger partial charge on any atom is -0.484 e. The summed E-state index contributed by atoms with van der Waals surface area (Å²) in [6.45, 7) is 7.07. The largest absolute Gasteiger partial charge is 0.484 e. The molecule has 0 bridgehead atoms. The lowest BCUT2D eigenvalue weighted by atomic mass is 10.1. The van der Waals surface area contributed by atoms with Crippen molar-refractivity contribution in [3.05, 3.63) is 53.3 Å². The molecule has 1 amide bonds. The number of ether oxygens (including phenoxy) is 1. The molecule has 0 atom stereocenters. The fraction of sp³-hybridized carbons (Fsp3) is 0.429. The smallest absolute Gasteiger partial charge is 0.260 e. The Balaban J connectivity index is 1.46. The van der Waals surface area contributed by atoms with E-state index in [-0.39, 0.29) is 18.3 Å². The van der Waals surface area contributed by atoms with Crippen molar-refractivity contribution in [2.45, 2.75) is 13.8 Å². The van der Waals surface area contributed by atoms with E-state index in [1.165, 1.54) is 0 Å². The maximum Gasteiger partial charge on any atom is 0.260 e. The van der Waals surface area contributed by atoms with Crippen LogP contribution in [0.15, 0.2) is 36.4 Å². The SMILES string of the molecule is Cc1cc(C(=O)CN2CCN(C(=O)COc3ccccc3)CC2)c(C)n1C. The number of rotatable bonds is 6. The van der Waals surface area contributed by atoms with Crippen LogP contribution in [-0.4, -0.2) is 65.4 Å². The van der Waals surface area contributed by atoms with Crippen LogP contribution in [-0.2, 0) is 11.8 Å². The predicted molar refractivity (Wildman–Crippen MR) is 104 cm³/mol. The maximum absolute atomic E-state index is 12.6. The second-order valence-corrected chi connectivity index (χ2v) is 7.03. The first-order valence-corrected chi connectivity index (χ1v) is 9.30. The molecule has 1 saturated heterocycles. The highest BCUT2D eigenvalue weighted by Gasteiger charge is 2.24. The fourth-order valence-electron chi connectivity index (χ4n) is 3.33. The number of hydrogen-bond acceptors (Lipinski definition) is 4. The van der Waals surface area contributed by atoms with Gasteiger partial charge in [-0.25, -0.2) is 0 Å². The van der Waals surface area contributed by atoms with Crippen LogP contribution in [0.4, 0.5) is 0 Å². The monoisotopic (exact) mass is 369 g/mol. The number of carbonyl (C=O) groups is 2. The van der Waals surface area contributed by atoms with Crippen LogP contribution in [0, 0.1) is 13.8 Å². The number of piperazine rings is 1. The molecule has 3 rings (SSSR count). The van der Waals surface area contributed by atoms with Crippen molar-refractivity contribution in [3.8, 4) is 5.75 Å². The summed E-state index contributed by atoms with van der Waals surface area (Å²) in [5, 5.41) is 0. The van der Waals surface area contributed by atoms with Gasteiger partial charge in [-0.2, -0.15) is 0 Å². The maximum atomic E-state index is 12.6. The van der Waals surface area contributed by atoms with E-state index in [2.05, 4.69) is 4.90 Å². The van der Waals surface area contributed by atoms with Crippen molar-refractivity contribution in [1.29, 1.82) is 0 Å². The molecule has 0 spiro atoms. The van der Waals surface area contributed by atoms with Crippen molar-refractivity contribution in [2.75, 3.05) is 39.3 Å². The summed E-state index contributed by atoms with van der Waals surface area (Å²) in [6, 6.07) is 11.3. The Labute approximate surface area is 160 Å². The average Bonchev–Trinajstić information content (AvgIpc) is 2.95. The van der Waals surface area contributed by atoms with Gasteiger partial charge >= 0.3 is 0 Å². The number of aryl methyl sites for hydroxylation is 1. The quantitative estimate of drug-likeness (QED) is 0.732. The lowest BCUT2D eigenvalue weighted by Crippen LogP contribution is -2.51. The normalized spacial score (nSPS) is 15.0. The molecule has 27 heavy (non-hydrogen) atoms. The second kappa shape index (κ2) is 8.39. The van der Waals surface area contributed by atoms with Gasteiger partial charge in [0.2, 0.25) is 0 Å². The van der Waals surface area contributed by atoms with Gasteiger partial charge in [0.25, 0.3) is 5.91 Å². The molecule has 2 aromatic rings. The summed E-state index contributed by atoms with van der Waals surface area (Å²) in [5.74, 6) is 0.825. The van der Waals surface area contributed by atoms with E-state index in [1.54, 1.807) is 0 Å². The number of carbonyl (C=O) groups excluding carboxylic acids is 2. The molecule has 2 heterocycles. The van der Waals surface area contributed by atoms with Crippen LogP contribution in [0.2, 0.25) is 0 Å². The molecule has 0 radical (unpaired) electrons. The minimum absolute atomic E-state index is 0.0145. The molecule has 144 valence electrons. The number of para-hydroxylation sites is 1. The molecule has 1 aromatic carbocycles. The lowest BCUT2D eigenvalue weighted by molar-refractivity contribution is -0.135. The predicted octanol–water partition coefficient (Wildman–Crippen LogP) is 2.05. The number of aromatic nitrogens is 1. The number of nitrogens with zero attached hydrogens (tertiary/aromatic N) is 3. The highest BCUT2D eigenvalue weighted by Crippen LogP contribution is 2.15. The van der Waals surface area contributed by atoms with Gasteiger partial charge in [0.05, 0.1) is 6.54 Å². The number of benzene rings is 1. The zero-order valence-corrected chi connectivity index (χ0v) is 16.3. The average molecular weight is 369 g/mol. The van der Waals surface area contributed by atoms with Crippen molar-refractivity contribution >= 4 is 11.7 Å². The lowest BCUT2D eigenvalue weighted by Gasteiger charge is -2.34. The molecule has 1 aliphatic rings. The number of amides is 1. The second-order valence-electron chi connectivity index (χ2n) is 7.03. The van der Waals surface area contributed by atoms with Gasteiger partial charge in [0.15, 0.2) is 12.4 Å². The van der Waals surface area contributed by atoms with Crippen molar-refractivity contribution < 1.29 is 14.3 Å². The van der Waals surface area contributed by atoms with Crippen molar-refractivity contribution in [3.63, 3.8) is 0 Å². The van der Waals surface area contributed by atoms with E-state index >= 15 is 0 Å². The van der Waals surface area contributed by atoms with Gasteiger partial charge in [-0.1, -0.05) is 18.2 Å². The van der Waals surface area contributed by atoms with Crippen molar-refractivity contribution in [1.82, 2.24) is 14.4 Å². The number of Topliss-reactive ketones (excluding diaryl/α,β-unsaturated/α-hetero) is 1. The molecule has 0 N–H and O–H groups in total. The molecule has 1 aliphatic heterocycles. The van der Waals surface area contributed by atoms with Crippen LogP contribution in [0.5, 0.6) is 5.75 Å². The Kier molecular flexibility index (Phi) is 5.96. The Hall–Kier alpha value is -2.60. The van der Waals surface area contributed by atoms with E-state index < -0.39 is 0 Å². The molecule has 0 unspecified atom stereocenters. The van der Waals surface area contributed by atoms with Gasteiger partial charge in [0.1, 0.15) is 5.75 Å². The summed E-state index contributed by atoms with van der Waals surface area (Å²) in [7, 11) is 1.98. The van der Waals surface area contributed by atoms with Crippen molar-refractivity contribution in [2.24, 2.45) is 7.05 Å². The minimum atomic E-state index is -0.0145. The summed E-state index contributed by atoms with van der Waals surface area (Å²) in [4.78, 5) is 28.9. The van der Waals surface area contributed by atoms with Crippen LogP contribution >= 0.6 is 0 Å². The highest BCUT2D eigenvalue weighted by molar-refractivity contribution is 5.99. The Morgan fingerprint density at radius 3 is 2.30 bits per heavy atom. The van der Waals surface area contributed by atoms with E-state index in [9.17, 15) is 9.59 Å². The van der Waals surface area contributed by atoms with Gasteiger partial charge in [-0.15, -0.1) is 0 Å². The third-order valence-electron chi connectivity index (χ3n) is 5.27. The highest BCUT2D eigenvalue weighted by atomic mass is 16.5. The van der Waals surface area contributed by atoms with E-state index in [4.69, 9.17) is 4.74 Å². The molecular weight excluding hydrogens is 342 g/mol. The van der Waals surface area contributed by atoms with E-state index in [0.717, 1.165) is 17.0 Å². The van der Waals surface area contributed by atoms with E-state index in [1.807, 2.05) is 66.8 Å². The first-order valence-electron chi connectivity index (χ1n) is 9.30. The summed E-state index contributed by atoms with van der Waals surface area (Å²) >= 11 is 0. The standard InChI is InChI=1S/C21H27N3O3/c1-16-13-19(17(2)22(16)3)20(25)14-23-9-11-24(12-10-23)21(26)15-27-18-7-5-4-6-8-18/h4-8,13H,9-12,14-15H2,1-3H3. The molecule has 0 aliphatic carbocycles. The first-order chi connectivity index (χ1) is 13.0. The third kappa shape index (κ3) is 4.57. The Morgan fingerprint density at radius 2 is 1.70 bits per heavy atom. The fourth-order valence-corrected chi connectivity index (χ4v) is 3.33. The van der Waals surface area contributed by atoms with Gasteiger partial charge in [-0.3, -0.25) is 14.5 Å². The molecule has 1 fully saturated rings. The zero-order chi connectivity index (χ0) is 19.4. The van der Waals surface area contributed by atoms with E-state index in [0.29, 0.717) is 38.5 Å². The molecule has 6 heteroatoms. The Bertz CT molecular complexity index is 806. The van der Waals surface area contributed by atoms with Gasteiger partial charge in [0, 0.05) is 50.2 Å². The van der Waals surface area contributed by atoms with Crippen LogP contribution < -0.4 is 4.74 Å². The van der Waals surface area contributed by atoms with Crippen LogP contribution in [0.1, 0.15) is 21.7 Å². The first kappa shape index (κ1) is 19.2. The van der Waals surface area contributed by atoms with Crippen LogP contribution in [0.3, 0.4) is 0 Å². The van der Waals surface area contributed by atoms with Gasteiger partial charge < -0.3 is 14.2 Å². The summed E-state index contributed by atoms with van der Waals surface area (Å²) in [6.07, 6.45) is 0. The third-order valence-corrected chi connectivity index (χ3v) is 5.27. The van der Waals surface area contributed by atoms with Gasteiger partial charge in [-0.05, 0) is 32.0 Å². The molecule has 1 aromatic heterocycles. The summed E-state index contributed by atoms with van der Waals surface area (Å²) in [5.41, 5.74) is 2.89. The topological polar surface area (TPSA) is 54.8 Å². The molecule has 0 saturated carbocycles. The number of ketones is 1. The van der Waals surface area contributed by atoms with Crippen LogP contribution in [0.25, 0.3) is 0 Å².